The first-order valence-electron chi connectivity index (χ1n) is 8.36. The number of nitrogens with zero attached hydrogens (tertiary/aromatic N) is 1. The van der Waals surface area contributed by atoms with Crippen LogP contribution in [0.5, 0.6) is 0 Å². The first kappa shape index (κ1) is 15.8. The normalized spacial score (nSPS) is 26.7. The highest BCUT2D eigenvalue weighted by Crippen LogP contribution is 2.34. The molecule has 2 unspecified atom stereocenters. The van der Waals surface area contributed by atoms with Crippen molar-refractivity contribution in [3.8, 4) is 0 Å². The Morgan fingerprint density at radius 2 is 2.13 bits per heavy atom. The van der Waals surface area contributed by atoms with Gasteiger partial charge in [0.25, 0.3) is 0 Å². The van der Waals surface area contributed by atoms with Crippen molar-refractivity contribution in [2.75, 3.05) is 18.0 Å². The second-order valence-electron chi connectivity index (χ2n) is 6.90. The molecule has 1 aliphatic carbocycles. The molecule has 0 bridgehead atoms. The summed E-state index contributed by atoms with van der Waals surface area (Å²) in [5.74, 6) is -1.39. The lowest BCUT2D eigenvalue weighted by molar-refractivity contribution is -0.146. The van der Waals surface area contributed by atoms with Crippen LogP contribution in [0.3, 0.4) is 0 Å². The minimum Gasteiger partial charge on any atom is -0.481 e. The second kappa shape index (κ2) is 6.22. The van der Waals surface area contributed by atoms with Crippen LogP contribution in [-0.2, 0) is 16.0 Å². The molecule has 1 aromatic carbocycles. The number of anilines is 1. The number of hydrogen-bond donors (Lipinski definition) is 2. The fourth-order valence-electron chi connectivity index (χ4n) is 3.98. The van der Waals surface area contributed by atoms with Gasteiger partial charge in [-0.25, -0.2) is 0 Å². The number of carboxylic acids is 1. The predicted octanol–water partition coefficient (Wildman–Crippen LogP) is 2.20. The van der Waals surface area contributed by atoms with Crippen LogP contribution in [0.15, 0.2) is 24.3 Å². The Morgan fingerprint density at radius 3 is 2.91 bits per heavy atom. The molecule has 1 amide bonds. The van der Waals surface area contributed by atoms with Crippen molar-refractivity contribution >= 4 is 17.6 Å². The van der Waals surface area contributed by atoms with E-state index in [4.69, 9.17) is 0 Å². The highest BCUT2D eigenvalue weighted by molar-refractivity contribution is 5.84. The molecule has 1 heterocycles. The number of rotatable bonds is 4. The number of carboxylic acid groups (broad SMARTS) is 1. The van der Waals surface area contributed by atoms with Gasteiger partial charge in [-0.15, -0.1) is 0 Å². The van der Waals surface area contributed by atoms with Gasteiger partial charge < -0.3 is 15.3 Å². The van der Waals surface area contributed by atoms with E-state index in [2.05, 4.69) is 16.3 Å². The molecule has 0 aromatic heterocycles. The summed E-state index contributed by atoms with van der Waals surface area (Å²) in [7, 11) is 0. The minimum absolute atomic E-state index is 0.0858. The number of fused-ring (bicyclic) bond motifs is 1. The number of amides is 1. The Balaban J connectivity index is 1.66. The summed E-state index contributed by atoms with van der Waals surface area (Å²) in [5, 5.41) is 12.5. The quantitative estimate of drug-likeness (QED) is 0.893. The Morgan fingerprint density at radius 1 is 1.35 bits per heavy atom. The van der Waals surface area contributed by atoms with Gasteiger partial charge in [-0.1, -0.05) is 31.0 Å². The third kappa shape index (κ3) is 3.19. The number of nitrogens with one attached hydrogen (secondary N) is 1. The van der Waals surface area contributed by atoms with Crippen LogP contribution >= 0.6 is 0 Å². The van der Waals surface area contributed by atoms with Crippen LogP contribution in [0, 0.1) is 5.92 Å². The summed E-state index contributed by atoms with van der Waals surface area (Å²) in [6.45, 7) is 3.01. The highest BCUT2D eigenvalue weighted by atomic mass is 16.4. The summed E-state index contributed by atoms with van der Waals surface area (Å²) < 4.78 is 0. The number of carbonyl (C=O) groups is 2. The van der Waals surface area contributed by atoms with E-state index >= 15 is 0 Å². The van der Waals surface area contributed by atoms with E-state index in [1.165, 1.54) is 5.56 Å². The number of hydrogen-bond acceptors (Lipinski definition) is 3. The first-order chi connectivity index (χ1) is 11.0. The molecule has 1 aliphatic heterocycles. The van der Waals surface area contributed by atoms with Crippen molar-refractivity contribution in [3.05, 3.63) is 29.8 Å². The van der Waals surface area contributed by atoms with Crippen LogP contribution in [0.2, 0.25) is 0 Å². The summed E-state index contributed by atoms with van der Waals surface area (Å²) in [6.07, 6.45) is 4.21. The van der Waals surface area contributed by atoms with Crippen LogP contribution < -0.4 is 10.2 Å². The lowest BCUT2D eigenvalue weighted by Gasteiger charge is -2.40. The smallest absolute Gasteiger partial charge is 0.308 e. The third-order valence-corrected chi connectivity index (χ3v) is 5.25. The maximum absolute atomic E-state index is 12.5. The van der Waals surface area contributed by atoms with Gasteiger partial charge in [0.15, 0.2) is 0 Å². The third-order valence-electron chi connectivity index (χ3n) is 5.25. The number of aliphatic carboxylic acids is 1. The summed E-state index contributed by atoms with van der Waals surface area (Å²) in [5.41, 5.74) is 1.75. The standard InChI is InChI=1S/C18H24N2O3/c1-18(10-5-4-7-14(18)17(22)23)19-16(21)12-20-11-9-13-6-2-3-8-15(13)20/h2-3,6,8,14H,4-5,7,9-12H2,1H3,(H,19,21)(H,22,23). The molecule has 1 aromatic rings. The summed E-state index contributed by atoms with van der Waals surface area (Å²) in [6, 6.07) is 8.13. The highest BCUT2D eigenvalue weighted by Gasteiger charge is 2.42. The van der Waals surface area contributed by atoms with E-state index in [9.17, 15) is 14.7 Å². The van der Waals surface area contributed by atoms with Crippen LogP contribution in [0.25, 0.3) is 0 Å². The number of benzene rings is 1. The first-order valence-corrected chi connectivity index (χ1v) is 8.36. The van der Waals surface area contributed by atoms with E-state index in [0.29, 0.717) is 13.0 Å². The molecule has 0 spiro atoms. The molecular formula is C18H24N2O3. The predicted molar refractivity (Wildman–Crippen MR) is 88.5 cm³/mol. The van der Waals surface area contributed by atoms with E-state index in [1.807, 2.05) is 25.1 Å². The van der Waals surface area contributed by atoms with Crippen LogP contribution in [-0.4, -0.2) is 35.6 Å². The second-order valence-corrected chi connectivity index (χ2v) is 6.90. The van der Waals surface area contributed by atoms with Crippen molar-refractivity contribution in [2.24, 2.45) is 5.92 Å². The average Bonchev–Trinajstić information content (AvgIpc) is 2.90. The van der Waals surface area contributed by atoms with Crippen molar-refractivity contribution < 1.29 is 14.7 Å². The Labute approximate surface area is 136 Å². The summed E-state index contributed by atoms with van der Waals surface area (Å²) >= 11 is 0. The van der Waals surface area contributed by atoms with Gasteiger partial charge in [-0.3, -0.25) is 9.59 Å². The molecule has 1 fully saturated rings. The fourth-order valence-corrected chi connectivity index (χ4v) is 3.98. The topological polar surface area (TPSA) is 69.6 Å². The molecule has 3 rings (SSSR count). The number of para-hydroxylation sites is 1. The Kier molecular flexibility index (Phi) is 4.28. The van der Waals surface area contributed by atoms with Gasteiger partial charge in [0.2, 0.25) is 5.91 Å². The van der Waals surface area contributed by atoms with Crippen molar-refractivity contribution in [2.45, 2.75) is 44.6 Å². The lowest BCUT2D eigenvalue weighted by Crippen LogP contribution is -2.57. The summed E-state index contributed by atoms with van der Waals surface area (Å²) in [4.78, 5) is 26.1. The van der Waals surface area contributed by atoms with Crippen molar-refractivity contribution in [1.29, 1.82) is 0 Å². The lowest BCUT2D eigenvalue weighted by atomic mass is 9.74. The maximum Gasteiger partial charge on any atom is 0.308 e. The van der Waals surface area contributed by atoms with Gasteiger partial charge >= 0.3 is 5.97 Å². The van der Waals surface area contributed by atoms with Gasteiger partial charge in [-0.05, 0) is 37.8 Å². The zero-order valence-corrected chi connectivity index (χ0v) is 13.5. The van der Waals surface area contributed by atoms with E-state index < -0.39 is 17.4 Å². The largest absolute Gasteiger partial charge is 0.481 e. The Bertz CT molecular complexity index is 616. The van der Waals surface area contributed by atoms with E-state index in [0.717, 1.165) is 37.9 Å². The fraction of sp³-hybridized carbons (Fsp3) is 0.556. The Hall–Kier alpha value is -2.04. The SMILES string of the molecule is CC1(NC(=O)CN2CCc3ccccc32)CCCCC1C(=O)O. The molecule has 1 saturated carbocycles. The zero-order valence-electron chi connectivity index (χ0n) is 13.5. The van der Waals surface area contributed by atoms with E-state index in [-0.39, 0.29) is 5.91 Å². The van der Waals surface area contributed by atoms with Gasteiger partial charge in [0.05, 0.1) is 18.0 Å². The van der Waals surface area contributed by atoms with Crippen molar-refractivity contribution in [1.82, 2.24) is 5.32 Å². The molecule has 5 heteroatoms. The minimum atomic E-state index is -0.806. The maximum atomic E-state index is 12.5. The van der Waals surface area contributed by atoms with Gasteiger partial charge in [0, 0.05) is 12.2 Å². The molecular weight excluding hydrogens is 292 g/mol. The van der Waals surface area contributed by atoms with Crippen molar-refractivity contribution in [3.63, 3.8) is 0 Å². The number of carbonyl (C=O) groups excluding carboxylic acids is 1. The molecule has 0 saturated heterocycles. The van der Waals surface area contributed by atoms with Crippen LogP contribution in [0.1, 0.15) is 38.2 Å². The van der Waals surface area contributed by atoms with Crippen LogP contribution in [0.4, 0.5) is 5.69 Å². The molecule has 23 heavy (non-hydrogen) atoms. The monoisotopic (exact) mass is 316 g/mol. The zero-order chi connectivity index (χ0) is 16.4. The van der Waals surface area contributed by atoms with Gasteiger partial charge in [0.1, 0.15) is 0 Å². The molecule has 124 valence electrons. The van der Waals surface area contributed by atoms with Gasteiger partial charge in [-0.2, -0.15) is 0 Å². The molecule has 5 nitrogen and oxygen atoms in total. The van der Waals surface area contributed by atoms with E-state index in [1.54, 1.807) is 0 Å². The molecule has 2 atom stereocenters. The average molecular weight is 316 g/mol. The molecule has 2 N–H and O–H groups in total. The molecule has 2 aliphatic rings. The molecule has 0 radical (unpaired) electrons.